The van der Waals surface area contributed by atoms with Gasteiger partial charge in [-0.2, -0.15) is 0 Å². The van der Waals surface area contributed by atoms with E-state index in [9.17, 15) is 9.59 Å². The fraction of sp³-hybridized carbons (Fsp3) is 0.409. The number of benzene rings is 1. The Kier molecular flexibility index (Phi) is 6.79. The highest BCUT2D eigenvalue weighted by Gasteiger charge is 2.36. The lowest BCUT2D eigenvalue weighted by molar-refractivity contribution is -0.135. The summed E-state index contributed by atoms with van der Waals surface area (Å²) in [6.45, 7) is 1.28. The Labute approximate surface area is 187 Å². The van der Waals surface area contributed by atoms with Crippen molar-refractivity contribution in [3.63, 3.8) is 0 Å². The lowest BCUT2D eigenvalue weighted by atomic mass is 9.94. The van der Waals surface area contributed by atoms with Gasteiger partial charge in [0.1, 0.15) is 32.1 Å². The molecule has 32 heavy (non-hydrogen) atoms. The predicted octanol–water partition coefficient (Wildman–Crippen LogP) is 0.688. The third kappa shape index (κ3) is 4.80. The molecule has 0 saturated carbocycles. The van der Waals surface area contributed by atoms with Gasteiger partial charge in [0.15, 0.2) is 0 Å². The molecular weight excluding hydrogens is 411 g/mol. The summed E-state index contributed by atoms with van der Waals surface area (Å²) in [7, 11) is 3.28. The van der Waals surface area contributed by atoms with Crippen LogP contribution in [-0.4, -0.2) is 74.2 Å². The number of alkyl carbamates (subject to hydrolysis) is 1. The zero-order chi connectivity index (χ0) is 22.5. The molecule has 1 aromatic carbocycles. The summed E-state index contributed by atoms with van der Waals surface area (Å²) in [6.07, 6.45) is 6.48. The highest BCUT2D eigenvalue weighted by molar-refractivity contribution is 6.32. The van der Waals surface area contributed by atoms with E-state index in [0.29, 0.717) is 25.6 Å². The first-order valence-corrected chi connectivity index (χ1v) is 10.7. The van der Waals surface area contributed by atoms with Crippen LogP contribution in [-0.2, 0) is 14.3 Å². The number of imidazole rings is 1. The molecule has 3 heterocycles. The Morgan fingerprint density at radius 3 is 3.03 bits per heavy atom. The van der Waals surface area contributed by atoms with E-state index < -0.39 is 12.1 Å². The Morgan fingerprint density at radius 2 is 2.19 bits per heavy atom. The maximum absolute atomic E-state index is 13.3. The summed E-state index contributed by atoms with van der Waals surface area (Å²) in [5, 5.41) is 2.60. The number of rotatable bonds is 1. The quantitative estimate of drug-likeness (QED) is 0.502. The molecule has 2 N–H and O–H groups in total. The van der Waals surface area contributed by atoms with Crippen LogP contribution in [0.3, 0.4) is 0 Å². The Balaban J connectivity index is 1.67. The van der Waals surface area contributed by atoms with Gasteiger partial charge < -0.3 is 29.4 Å². The number of fused-ring (bicyclic) bond motifs is 6. The van der Waals surface area contributed by atoms with E-state index in [-0.39, 0.29) is 18.6 Å². The van der Waals surface area contributed by atoms with Crippen LogP contribution >= 0.6 is 0 Å². The van der Waals surface area contributed by atoms with E-state index in [1.54, 1.807) is 4.90 Å². The van der Waals surface area contributed by atoms with E-state index in [1.165, 1.54) is 7.11 Å². The van der Waals surface area contributed by atoms with Crippen LogP contribution in [0.1, 0.15) is 24.7 Å². The first kappa shape index (κ1) is 21.9. The number of H-pyrrole nitrogens is 1. The minimum atomic E-state index is -0.848. The third-order valence-electron chi connectivity index (χ3n) is 5.64. The number of carbonyl (C=O) groups is 2. The van der Waals surface area contributed by atoms with E-state index in [2.05, 4.69) is 10.3 Å². The fourth-order valence-corrected chi connectivity index (χ4v) is 4.02. The molecule has 2 atom stereocenters. The molecule has 2 aromatic rings. The van der Waals surface area contributed by atoms with Crippen molar-refractivity contribution in [2.45, 2.75) is 24.9 Å². The zero-order valence-corrected chi connectivity index (χ0v) is 18.3. The molecule has 1 unspecified atom stereocenters. The number of nitrogens with one attached hydrogen (secondary N) is 2. The van der Waals surface area contributed by atoms with Crippen molar-refractivity contribution in [3.8, 4) is 17.0 Å². The molecule has 4 rings (SSSR count). The molecule has 0 spiro atoms. The SMILES string of the molecule is Bc1ccc2c(c1)OC/C=C\COC[C@H](NC(=O)OC)C(=O)N1CCCC1c1nc-2c[nH]1. The fourth-order valence-electron chi connectivity index (χ4n) is 4.02. The zero-order valence-electron chi connectivity index (χ0n) is 18.3. The van der Waals surface area contributed by atoms with Gasteiger partial charge in [0.25, 0.3) is 0 Å². The molecule has 1 aromatic heterocycles. The average molecular weight is 438 g/mol. The minimum Gasteiger partial charge on any atom is -0.489 e. The van der Waals surface area contributed by atoms with Gasteiger partial charge >= 0.3 is 6.09 Å². The monoisotopic (exact) mass is 438 g/mol. The summed E-state index contributed by atoms with van der Waals surface area (Å²) < 4.78 is 16.3. The topological polar surface area (TPSA) is 106 Å². The third-order valence-corrected chi connectivity index (χ3v) is 5.64. The summed E-state index contributed by atoms with van der Waals surface area (Å²) in [4.78, 5) is 34.9. The minimum absolute atomic E-state index is 0.0355. The lowest BCUT2D eigenvalue weighted by Gasteiger charge is -2.28. The molecule has 168 valence electrons. The number of hydrogen-bond acceptors (Lipinski definition) is 6. The second kappa shape index (κ2) is 9.91. The van der Waals surface area contributed by atoms with Gasteiger partial charge in [0, 0.05) is 18.3 Å². The van der Waals surface area contributed by atoms with E-state index in [4.69, 9.17) is 19.2 Å². The Bertz CT molecular complexity index is 1010. The Hall–Kier alpha value is -3.27. The number of amides is 2. The highest BCUT2D eigenvalue weighted by atomic mass is 16.5. The number of aromatic amines is 1. The number of ether oxygens (including phenoxy) is 3. The summed E-state index contributed by atoms with van der Waals surface area (Å²) in [5.41, 5.74) is 2.74. The molecule has 2 amide bonds. The van der Waals surface area contributed by atoms with Gasteiger partial charge in [-0.15, -0.1) is 0 Å². The second-order valence-corrected chi connectivity index (χ2v) is 7.87. The van der Waals surface area contributed by atoms with E-state index in [0.717, 1.165) is 35.3 Å². The van der Waals surface area contributed by atoms with Crippen molar-refractivity contribution in [1.29, 1.82) is 0 Å². The number of aromatic nitrogens is 2. The molecule has 9 nitrogen and oxygen atoms in total. The first-order valence-electron chi connectivity index (χ1n) is 10.7. The van der Waals surface area contributed by atoms with Gasteiger partial charge in [-0.25, -0.2) is 9.78 Å². The van der Waals surface area contributed by atoms with Crippen LogP contribution in [0.15, 0.2) is 36.5 Å². The van der Waals surface area contributed by atoms with Gasteiger partial charge in [-0.1, -0.05) is 17.6 Å². The van der Waals surface area contributed by atoms with Gasteiger partial charge in [-0.3, -0.25) is 4.79 Å². The summed E-state index contributed by atoms with van der Waals surface area (Å²) in [6, 6.07) is 4.95. The average Bonchev–Trinajstić information content (AvgIpc) is 3.46. The van der Waals surface area contributed by atoms with Crippen LogP contribution < -0.4 is 15.5 Å². The van der Waals surface area contributed by atoms with Crippen LogP contribution in [0.4, 0.5) is 4.79 Å². The van der Waals surface area contributed by atoms with Crippen LogP contribution in [0.2, 0.25) is 0 Å². The summed E-state index contributed by atoms with van der Waals surface area (Å²) in [5.74, 6) is 1.25. The largest absolute Gasteiger partial charge is 0.489 e. The molecule has 2 aliphatic rings. The highest BCUT2D eigenvalue weighted by Crippen LogP contribution is 2.34. The number of nitrogens with zero attached hydrogens (tertiary/aromatic N) is 2. The molecular formula is C22H27BN4O5. The molecule has 0 aliphatic carbocycles. The van der Waals surface area contributed by atoms with Crippen LogP contribution in [0.5, 0.6) is 5.75 Å². The number of hydrogen-bond donors (Lipinski definition) is 2. The molecule has 2 bridgehead atoms. The van der Waals surface area contributed by atoms with Crippen molar-refractivity contribution >= 4 is 25.3 Å². The van der Waals surface area contributed by atoms with Crippen LogP contribution in [0.25, 0.3) is 11.3 Å². The van der Waals surface area contributed by atoms with E-state index >= 15 is 0 Å². The second-order valence-electron chi connectivity index (χ2n) is 7.87. The molecule has 0 radical (unpaired) electrons. The van der Waals surface area contributed by atoms with Crippen LogP contribution in [0, 0.1) is 0 Å². The van der Waals surface area contributed by atoms with Gasteiger partial charge in [0.2, 0.25) is 5.91 Å². The molecule has 2 aliphatic heterocycles. The van der Waals surface area contributed by atoms with Gasteiger partial charge in [-0.05, 0) is 31.1 Å². The number of methoxy groups -OCH3 is 1. The van der Waals surface area contributed by atoms with Gasteiger partial charge in [0.05, 0.1) is 32.1 Å². The van der Waals surface area contributed by atoms with Crippen molar-refractivity contribution in [3.05, 3.63) is 42.4 Å². The summed E-state index contributed by atoms with van der Waals surface area (Å²) >= 11 is 0. The maximum atomic E-state index is 13.3. The van der Waals surface area contributed by atoms with Crippen molar-refractivity contribution < 1.29 is 23.8 Å². The first-order chi connectivity index (χ1) is 15.6. The lowest BCUT2D eigenvalue weighted by Crippen LogP contribution is -2.50. The predicted molar refractivity (Wildman–Crippen MR) is 121 cm³/mol. The van der Waals surface area contributed by atoms with Crippen molar-refractivity contribution in [2.24, 2.45) is 0 Å². The molecule has 10 heteroatoms. The van der Waals surface area contributed by atoms with Crippen molar-refractivity contribution in [2.75, 3.05) is 33.5 Å². The van der Waals surface area contributed by atoms with E-state index in [1.807, 2.05) is 44.4 Å². The van der Waals surface area contributed by atoms with Crippen molar-refractivity contribution in [1.82, 2.24) is 20.2 Å². The molecule has 1 saturated heterocycles. The standard InChI is InChI=1S/C22H27BN4O5/c1-30-22(29)26-17-13-31-9-2-3-10-32-19-11-14(23)6-7-15(19)16-12-24-20(25-16)18-5-4-8-27(18)21(17)28/h2-3,6-7,11-12,17-18H,4-5,8-10,13,23H2,1H3,(H,24,25)(H,26,29)/b3-2-/t17-,18?/m0/s1. The number of carbonyl (C=O) groups excluding carboxylic acids is 2. The normalized spacial score (nSPS) is 22.4. The smallest absolute Gasteiger partial charge is 0.407 e. The molecule has 1 fully saturated rings. The maximum Gasteiger partial charge on any atom is 0.407 e. The Morgan fingerprint density at radius 1 is 1.34 bits per heavy atom.